The minimum absolute atomic E-state index is 0.267. The van der Waals surface area contributed by atoms with Crippen molar-refractivity contribution in [1.82, 2.24) is 9.47 Å². The molecule has 0 radical (unpaired) electrons. The van der Waals surface area contributed by atoms with Gasteiger partial charge in [0, 0.05) is 36.2 Å². The highest BCUT2D eigenvalue weighted by Gasteiger charge is 2.18. The molecule has 4 nitrogen and oxygen atoms in total. The Bertz CT molecular complexity index is 948. The van der Waals surface area contributed by atoms with Gasteiger partial charge in [-0.3, -0.25) is 0 Å². The molecule has 0 atom stereocenters. The summed E-state index contributed by atoms with van der Waals surface area (Å²) in [6.45, 7) is 10.8. The van der Waals surface area contributed by atoms with Gasteiger partial charge < -0.3 is 19.5 Å². The van der Waals surface area contributed by atoms with Crippen LogP contribution in [0, 0.1) is 0 Å². The van der Waals surface area contributed by atoms with E-state index in [1.807, 2.05) is 31.2 Å². The molecule has 0 unspecified atom stereocenters. The molecule has 0 bridgehead atoms. The molecule has 0 amide bonds. The Kier molecular flexibility index (Phi) is 6.57. The van der Waals surface area contributed by atoms with Crippen molar-refractivity contribution in [2.24, 2.45) is 0 Å². The van der Waals surface area contributed by atoms with Gasteiger partial charge in [-0.05, 0) is 63.7 Å². The molecule has 1 N–H and O–H groups in total. The summed E-state index contributed by atoms with van der Waals surface area (Å²) in [4.78, 5) is 2.22. The number of rotatable bonds is 7. The standard InChI is InChI=1S/C23H29N3OS/c1-5-25-15-18(19-11-7-9-13-21(19)25)16-26(17(3)4)23(28)24-20-12-8-10-14-22(20)27-6-2/h7-15,17H,5-6,16H2,1-4H3,(H,24,28). The number of hydrogen-bond donors (Lipinski definition) is 1. The Labute approximate surface area is 173 Å². The van der Waals surface area contributed by atoms with Crippen molar-refractivity contribution in [2.75, 3.05) is 11.9 Å². The molecule has 0 spiro atoms. The van der Waals surface area contributed by atoms with E-state index in [2.05, 4.69) is 66.0 Å². The van der Waals surface area contributed by atoms with Gasteiger partial charge in [-0.15, -0.1) is 0 Å². The molecule has 0 saturated carbocycles. The van der Waals surface area contributed by atoms with Crippen LogP contribution in [0.25, 0.3) is 10.9 Å². The zero-order valence-corrected chi connectivity index (χ0v) is 17.9. The number of thiocarbonyl (C=S) groups is 1. The van der Waals surface area contributed by atoms with E-state index in [-0.39, 0.29) is 6.04 Å². The zero-order chi connectivity index (χ0) is 20.1. The van der Waals surface area contributed by atoms with Gasteiger partial charge in [-0.1, -0.05) is 30.3 Å². The van der Waals surface area contributed by atoms with Gasteiger partial charge in [0.05, 0.1) is 12.3 Å². The Morgan fingerprint density at radius 2 is 1.82 bits per heavy atom. The molecule has 28 heavy (non-hydrogen) atoms. The second-order valence-corrected chi connectivity index (χ2v) is 7.43. The first-order valence-corrected chi connectivity index (χ1v) is 10.3. The second kappa shape index (κ2) is 9.11. The first-order valence-electron chi connectivity index (χ1n) is 9.91. The Balaban J connectivity index is 1.86. The Morgan fingerprint density at radius 1 is 1.11 bits per heavy atom. The quantitative estimate of drug-likeness (QED) is 0.522. The number of benzene rings is 2. The van der Waals surface area contributed by atoms with Crippen LogP contribution < -0.4 is 10.1 Å². The molecule has 3 aromatic rings. The van der Waals surface area contributed by atoms with Gasteiger partial charge in [0.1, 0.15) is 5.75 Å². The molecule has 3 rings (SSSR count). The highest BCUT2D eigenvalue weighted by Crippen LogP contribution is 2.26. The maximum atomic E-state index is 5.79. The van der Waals surface area contributed by atoms with Crippen LogP contribution in [0.2, 0.25) is 0 Å². The lowest BCUT2D eigenvalue weighted by Gasteiger charge is -2.30. The van der Waals surface area contributed by atoms with E-state index in [4.69, 9.17) is 17.0 Å². The predicted molar refractivity (Wildman–Crippen MR) is 122 cm³/mol. The maximum absolute atomic E-state index is 5.79. The highest BCUT2D eigenvalue weighted by molar-refractivity contribution is 7.80. The van der Waals surface area contributed by atoms with Crippen molar-refractivity contribution in [3.63, 3.8) is 0 Å². The normalized spacial score (nSPS) is 11.0. The maximum Gasteiger partial charge on any atom is 0.174 e. The number of nitrogens with one attached hydrogen (secondary N) is 1. The molecular weight excluding hydrogens is 366 g/mol. The van der Waals surface area contributed by atoms with Gasteiger partial charge in [0.2, 0.25) is 0 Å². The first kappa shape index (κ1) is 20.2. The van der Waals surface area contributed by atoms with Crippen LogP contribution in [-0.4, -0.2) is 27.2 Å². The number of fused-ring (bicyclic) bond motifs is 1. The van der Waals surface area contributed by atoms with Crippen molar-refractivity contribution < 1.29 is 4.74 Å². The Hall–Kier alpha value is -2.53. The van der Waals surface area contributed by atoms with Crippen molar-refractivity contribution in [1.29, 1.82) is 0 Å². The van der Waals surface area contributed by atoms with Gasteiger partial charge in [-0.2, -0.15) is 0 Å². The first-order chi connectivity index (χ1) is 13.5. The molecule has 0 fully saturated rings. The van der Waals surface area contributed by atoms with Crippen LogP contribution in [0.15, 0.2) is 54.7 Å². The SMILES string of the molecule is CCOc1ccccc1NC(=S)N(Cc1cn(CC)c2ccccc12)C(C)C. The summed E-state index contributed by atoms with van der Waals surface area (Å²) in [5.41, 5.74) is 3.45. The zero-order valence-electron chi connectivity index (χ0n) is 17.1. The van der Waals surface area contributed by atoms with Gasteiger partial charge in [0.25, 0.3) is 0 Å². The molecule has 0 saturated heterocycles. The van der Waals surface area contributed by atoms with Crippen LogP contribution in [0.3, 0.4) is 0 Å². The lowest BCUT2D eigenvalue weighted by atomic mass is 10.1. The lowest BCUT2D eigenvalue weighted by Crippen LogP contribution is -2.39. The van der Waals surface area contributed by atoms with Crippen LogP contribution in [-0.2, 0) is 13.1 Å². The highest BCUT2D eigenvalue weighted by atomic mass is 32.1. The van der Waals surface area contributed by atoms with E-state index in [9.17, 15) is 0 Å². The van der Waals surface area contributed by atoms with Crippen LogP contribution in [0.1, 0.15) is 33.3 Å². The molecule has 1 aromatic heterocycles. The fraction of sp³-hybridized carbons (Fsp3) is 0.348. The molecule has 0 aliphatic carbocycles. The monoisotopic (exact) mass is 395 g/mol. The number of nitrogens with zero attached hydrogens (tertiary/aromatic N) is 2. The minimum atomic E-state index is 0.267. The summed E-state index contributed by atoms with van der Waals surface area (Å²) >= 11 is 5.79. The molecule has 0 aliphatic heterocycles. The van der Waals surface area contributed by atoms with Gasteiger partial charge in [0.15, 0.2) is 5.11 Å². The van der Waals surface area contributed by atoms with Gasteiger partial charge in [-0.25, -0.2) is 0 Å². The second-order valence-electron chi connectivity index (χ2n) is 7.04. The van der Waals surface area contributed by atoms with E-state index < -0.39 is 0 Å². The smallest absolute Gasteiger partial charge is 0.174 e. The van der Waals surface area contributed by atoms with Crippen molar-refractivity contribution in [2.45, 2.75) is 46.8 Å². The summed E-state index contributed by atoms with van der Waals surface area (Å²) in [7, 11) is 0. The van der Waals surface area contributed by atoms with E-state index >= 15 is 0 Å². The fourth-order valence-electron chi connectivity index (χ4n) is 3.42. The molecule has 2 aromatic carbocycles. The summed E-state index contributed by atoms with van der Waals surface area (Å²) in [6.07, 6.45) is 2.25. The molecule has 0 aliphatic rings. The van der Waals surface area contributed by atoms with Crippen molar-refractivity contribution >= 4 is 33.9 Å². The van der Waals surface area contributed by atoms with Gasteiger partial charge >= 0.3 is 0 Å². The number of anilines is 1. The molecule has 1 heterocycles. The van der Waals surface area contributed by atoms with Crippen LogP contribution in [0.5, 0.6) is 5.75 Å². The summed E-state index contributed by atoms with van der Waals surface area (Å²) in [6, 6.07) is 16.7. The van der Waals surface area contributed by atoms with Crippen molar-refractivity contribution in [3.8, 4) is 5.75 Å². The third kappa shape index (κ3) is 4.30. The molecule has 5 heteroatoms. The molecule has 148 valence electrons. The fourth-order valence-corrected chi connectivity index (χ4v) is 3.81. The van der Waals surface area contributed by atoms with E-state index in [1.165, 1.54) is 16.5 Å². The van der Waals surface area contributed by atoms with Crippen molar-refractivity contribution in [3.05, 3.63) is 60.3 Å². The minimum Gasteiger partial charge on any atom is -0.492 e. The summed E-state index contributed by atoms with van der Waals surface area (Å²) in [5.74, 6) is 0.818. The average molecular weight is 396 g/mol. The van der Waals surface area contributed by atoms with E-state index in [0.29, 0.717) is 11.7 Å². The van der Waals surface area contributed by atoms with E-state index in [0.717, 1.165) is 24.5 Å². The van der Waals surface area contributed by atoms with Crippen LogP contribution in [0.4, 0.5) is 5.69 Å². The third-order valence-electron chi connectivity index (χ3n) is 4.87. The van der Waals surface area contributed by atoms with E-state index in [1.54, 1.807) is 0 Å². The number of hydrogen-bond acceptors (Lipinski definition) is 2. The number of ether oxygens (including phenoxy) is 1. The lowest BCUT2D eigenvalue weighted by molar-refractivity contribution is 0.340. The Morgan fingerprint density at radius 3 is 2.54 bits per heavy atom. The topological polar surface area (TPSA) is 29.4 Å². The number of aromatic nitrogens is 1. The number of aryl methyl sites for hydroxylation is 1. The summed E-state index contributed by atoms with van der Waals surface area (Å²) < 4.78 is 8.02. The third-order valence-corrected chi connectivity index (χ3v) is 5.20. The average Bonchev–Trinajstić information content (AvgIpc) is 3.05. The van der Waals surface area contributed by atoms with Crippen LogP contribution >= 0.6 is 12.2 Å². The predicted octanol–water partition coefficient (Wildman–Crippen LogP) is 5.67. The summed E-state index contributed by atoms with van der Waals surface area (Å²) in [5, 5.41) is 5.38. The largest absolute Gasteiger partial charge is 0.492 e. The molecular formula is C23H29N3OS. The number of para-hydroxylation sites is 3.